The summed E-state index contributed by atoms with van der Waals surface area (Å²) in [6, 6.07) is 4.94. The number of benzene rings is 3. The van der Waals surface area contributed by atoms with Crippen LogP contribution in [0.25, 0.3) is 0 Å². The van der Waals surface area contributed by atoms with Gasteiger partial charge in [-0.3, -0.25) is 39.2 Å². The number of methoxy groups -OCH3 is 1. The summed E-state index contributed by atoms with van der Waals surface area (Å²) in [4.78, 5) is 56.5. The normalized spacial score (nSPS) is 24.3. The van der Waals surface area contributed by atoms with Gasteiger partial charge in [0.1, 0.15) is 11.8 Å². The quantitative estimate of drug-likeness (QED) is 0.134. The van der Waals surface area contributed by atoms with Gasteiger partial charge >= 0.3 is 5.97 Å². The average Bonchev–Trinajstić information content (AvgIpc) is 3.67. The van der Waals surface area contributed by atoms with Crippen molar-refractivity contribution >= 4 is 23.5 Å². The molecule has 15 heteroatoms. The molecule has 5 heterocycles. The van der Waals surface area contributed by atoms with E-state index in [2.05, 4.69) is 11.0 Å². The molecule has 1 saturated heterocycles. The SMILES string of the molecule is COc1c(C)cc2c(c1O)[C@@H]1[C@@H]3Cc4c(OC(C)=O)c(C)c5c(c4[C@H](CN4C(=O)c6ccc([N+](=O)[O-])cc6C4=O)N3[C@@H](C#N)C(C2)N1C)OCO5. The third-order valence-corrected chi connectivity index (χ3v) is 11.0. The van der Waals surface area contributed by atoms with Crippen LogP contribution in [0.4, 0.5) is 5.69 Å². The van der Waals surface area contributed by atoms with Gasteiger partial charge in [-0.2, -0.15) is 5.26 Å². The van der Waals surface area contributed by atoms with Crippen LogP contribution in [0.2, 0.25) is 0 Å². The minimum Gasteiger partial charge on any atom is -0.504 e. The van der Waals surface area contributed by atoms with Gasteiger partial charge in [0.05, 0.1) is 41.3 Å². The number of rotatable bonds is 5. The van der Waals surface area contributed by atoms with E-state index >= 15 is 0 Å². The van der Waals surface area contributed by atoms with E-state index < -0.39 is 46.9 Å². The molecular formula is C36H33N5O10. The van der Waals surface area contributed by atoms with E-state index in [9.17, 15) is 34.9 Å². The number of non-ortho nitro benzene ring substituents is 1. The number of amides is 2. The summed E-state index contributed by atoms with van der Waals surface area (Å²) in [6.45, 7) is 4.49. The van der Waals surface area contributed by atoms with Gasteiger partial charge in [-0.25, -0.2) is 0 Å². The number of ether oxygens (including phenoxy) is 4. The van der Waals surface area contributed by atoms with E-state index in [0.717, 1.165) is 22.1 Å². The number of phenolic OH excluding ortho intramolecular Hbond substituents is 1. The van der Waals surface area contributed by atoms with E-state index in [4.69, 9.17) is 18.9 Å². The highest BCUT2D eigenvalue weighted by Crippen LogP contribution is 2.58. The summed E-state index contributed by atoms with van der Waals surface area (Å²) in [5, 5.41) is 34.2. The molecule has 0 saturated carbocycles. The minimum atomic E-state index is -0.888. The molecule has 51 heavy (non-hydrogen) atoms. The van der Waals surface area contributed by atoms with Crippen molar-refractivity contribution in [3.8, 4) is 34.8 Å². The summed E-state index contributed by atoms with van der Waals surface area (Å²) in [5.74, 6) is -0.643. The minimum absolute atomic E-state index is 0.00970. The van der Waals surface area contributed by atoms with Crippen LogP contribution in [0.5, 0.6) is 28.7 Å². The Bertz CT molecular complexity index is 2160. The Kier molecular flexibility index (Phi) is 7.26. The Labute approximate surface area is 291 Å². The highest BCUT2D eigenvalue weighted by atomic mass is 16.7. The van der Waals surface area contributed by atoms with Gasteiger partial charge in [0.25, 0.3) is 17.5 Å². The molecule has 5 atom stereocenters. The zero-order valence-electron chi connectivity index (χ0n) is 28.4. The fraction of sp³-hybridized carbons (Fsp3) is 0.389. The number of aromatic hydroxyl groups is 1. The Hall–Kier alpha value is -5.72. The summed E-state index contributed by atoms with van der Waals surface area (Å²) in [5.41, 5.74) is 3.50. The van der Waals surface area contributed by atoms with Crippen LogP contribution in [-0.2, 0) is 17.6 Å². The second kappa shape index (κ2) is 11.4. The second-order valence-corrected chi connectivity index (χ2v) is 13.6. The van der Waals surface area contributed by atoms with Crippen molar-refractivity contribution in [2.24, 2.45) is 0 Å². The van der Waals surface area contributed by atoms with Crippen molar-refractivity contribution in [3.05, 3.63) is 78.9 Å². The third kappa shape index (κ3) is 4.46. The fourth-order valence-corrected chi connectivity index (χ4v) is 9.02. The molecule has 1 N–H and O–H groups in total. The van der Waals surface area contributed by atoms with Gasteiger partial charge in [-0.15, -0.1) is 0 Å². The number of nitro benzene ring substituents is 1. The van der Waals surface area contributed by atoms with Gasteiger partial charge < -0.3 is 24.1 Å². The third-order valence-electron chi connectivity index (χ3n) is 11.0. The van der Waals surface area contributed by atoms with Gasteiger partial charge in [-0.1, -0.05) is 6.07 Å². The number of carbonyl (C=O) groups is 3. The topological polar surface area (TPSA) is 185 Å². The predicted octanol–water partition coefficient (Wildman–Crippen LogP) is 3.65. The van der Waals surface area contributed by atoms with E-state index in [1.165, 1.54) is 26.2 Å². The Morgan fingerprint density at radius 2 is 1.80 bits per heavy atom. The number of imide groups is 1. The number of nitriles is 1. The lowest BCUT2D eigenvalue weighted by Gasteiger charge is -2.60. The zero-order valence-corrected chi connectivity index (χ0v) is 28.4. The van der Waals surface area contributed by atoms with Crippen LogP contribution in [0.3, 0.4) is 0 Å². The van der Waals surface area contributed by atoms with Gasteiger partial charge in [0.2, 0.25) is 6.79 Å². The summed E-state index contributed by atoms with van der Waals surface area (Å²) < 4.78 is 23.4. The first kappa shape index (κ1) is 32.5. The van der Waals surface area contributed by atoms with Crippen LogP contribution in [0, 0.1) is 35.3 Å². The number of fused-ring (bicyclic) bond motifs is 10. The molecular weight excluding hydrogens is 662 g/mol. The number of likely N-dealkylation sites (N-methyl/N-ethyl adjacent to an activating group) is 1. The van der Waals surface area contributed by atoms with Crippen molar-refractivity contribution in [1.82, 2.24) is 14.7 Å². The molecule has 262 valence electrons. The molecule has 2 amide bonds. The maximum absolute atomic E-state index is 14.0. The van der Waals surface area contributed by atoms with Crippen molar-refractivity contribution in [2.45, 2.75) is 63.8 Å². The van der Waals surface area contributed by atoms with E-state index in [1.54, 1.807) is 6.92 Å². The molecule has 1 fully saturated rings. The largest absolute Gasteiger partial charge is 0.504 e. The molecule has 2 bridgehead atoms. The molecule has 5 aliphatic rings. The molecule has 0 aromatic heterocycles. The molecule has 5 aliphatic heterocycles. The maximum atomic E-state index is 14.0. The molecule has 0 spiro atoms. The first-order valence-corrected chi connectivity index (χ1v) is 16.4. The van der Waals surface area contributed by atoms with Crippen LogP contribution in [-0.4, -0.2) is 88.1 Å². The monoisotopic (exact) mass is 695 g/mol. The number of carbonyl (C=O) groups excluding carboxylic acids is 3. The summed E-state index contributed by atoms with van der Waals surface area (Å²) in [6.07, 6.45) is 0.651. The molecule has 3 aromatic carbocycles. The first-order valence-electron chi connectivity index (χ1n) is 16.4. The molecule has 15 nitrogen and oxygen atoms in total. The van der Waals surface area contributed by atoms with Crippen molar-refractivity contribution in [2.75, 3.05) is 27.5 Å². The Balaban J connectivity index is 1.36. The zero-order chi connectivity index (χ0) is 36.2. The Morgan fingerprint density at radius 1 is 1.08 bits per heavy atom. The average molecular weight is 696 g/mol. The molecule has 8 rings (SSSR count). The molecule has 1 unspecified atom stereocenters. The summed E-state index contributed by atoms with van der Waals surface area (Å²) in [7, 11) is 3.40. The number of aryl methyl sites for hydroxylation is 1. The number of esters is 1. The number of nitrogens with zero attached hydrogens (tertiary/aromatic N) is 5. The number of hydrogen-bond donors (Lipinski definition) is 1. The van der Waals surface area contributed by atoms with Crippen LogP contribution in [0.15, 0.2) is 24.3 Å². The van der Waals surface area contributed by atoms with Crippen molar-refractivity contribution in [1.29, 1.82) is 5.26 Å². The summed E-state index contributed by atoms with van der Waals surface area (Å²) >= 11 is 0. The van der Waals surface area contributed by atoms with Gasteiger partial charge in [-0.05, 0) is 50.9 Å². The number of nitro groups is 1. The van der Waals surface area contributed by atoms with E-state index in [0.29, 0.717) is 45.9 Å². The standard InChI is InChI=1S/C36H33N5O10/c1-15-8-18-9-23-25(12-37)40-24(29(38(23)4)27(18)30(43)31(15)48-5)11-22-28(34-33(49-14-50-34)16(2)32(22)51-17(3)42)26(40)13-39-35(44)20-7-6-19(41(46)47)10-21(20)36(39)45/h6-8,10,23-26,29,43H,9,11,13-14H2,1-5H3/t23?,24-,25-,26-,29-/m0/s1. The van der Waals surface area contributed by atoms with Gasteiger partial charge in [0.15, 0.2) is 23.0 Å². The number of phenols is 1. The molecule has 0 radical (unpaired) electrons. The van der Waals surface area contributed by atoms with Gasteiger partial charge in [0, 0.05) is 59.9 Å². The smallest absolute Gasteiger partial charge is 0.308 e. The highest BCUT2D eigenvalue weighted by molar-refractivity contribution is 6.21. The second-order valence-electron chi connectivity index (χ2n) is 13.6. The lowest BCUT2D eigenvalue weighted by atomic mass is 9.71. The lowest BCUT2D eigenvalue weighted by Crippen LogP contribution is -2.68. The first-order chi connectivity index (χ1) is 24.4. The fourth-order valence-electron chi connectivity index (χ4n) is 9.02. The predicted molar refractivity (Wildman–Crippen MR) is 176 cm³/mol. The van der Waals surface area contributed by atoms with Crippen molar-refractivity contribution in [3.63, 3.8) is 0 Å². The van der Waals surface area contributed by atoms with E-state index in [-0.39, 0.29) is 54.1 Å². The van der Waals surface area contributed by atoms with Crippen LogP contribution < -0.4 is 18.9 Å². The lowest BCUT2D eigenvalue weighted by molar-refractivity contribution is -0.384. The van der Waals surface area contributed by atoms with Crippen LogP contribution >= 0.6 is 0 Å². The number of hydrogen-bond acceptors (Lipinski definition) is 13. The van der Waals surface area contributed by atoms with E-state index in [1.807, 2.05) is 24.9 Å². The highest BCUT2D eigenvalue weighted by Gasteiger charge is 2.57. The van der Waals surface area contributed by atoms with Crippen molar-refractivity contribution < 1.29 is 43.4 Å². The Morgan fingerprint density at radius 3 is 2.49 bits per heavy atom. The van der Waals surface area contributed by atoms with Crippen LogP contribution in [0.1, 0.15) is 73.1 Å². The molecule has 3 aromatic rings. The molecule has 0 aliphatic carbocycles. The maximum Gasteiger partial charge on any atom is 0.308 e. The number of piperazine rings is 1.